The second kappa shape index (κ2) is 10.0. The number of urea groups is 1. The van der Waals surface area contributed by atoms with Gasteiger partial charge < -0.3 is 20.1 Å². The molecule has 29 heavy (non-hydrogen) atoms. The monoisotopic (exact) mass is 417 g/mol. The van der Waals surface area contributed by atoms with Crippen LogP contribution in [0.25, 0.3) is 0 Å². The molecule has 0 aliphatic heterocycles. The molecule has 1 aliphatic carbocycles. The van der Waals surface area contributed by atoms with Crippen molar-refractivity contribution < 1.29 is 19.1 Å². The van der Waals surface area contributed by atoms with E-state index in [2.05, 4.69) is 16.0 Å². The van der Waals surface area contributed by atoms with Crippen molar-refractivity contribution in [3.63, 3.8) is 0 Å². The number of halogens is 1. The number of amides is 3. The van der Waals surface area contributed by atoms with Crippen LogP contribution in [0.3, 0.4) is 0 Å². The molecular formula is C21H24ClN3O4. The maximum atomic E-state index is 12.4. The molecule has 0 spiro atoms. The van der Waals surface area contributed by atoms with Crippen molar-refractivity contribution >= 4 is 35.1 Å². The standard InChI is InChI=1S/C21H24ClN3O4/c1-28-19-11-10-14(22)12-18(19)25-20(26)23-16-8-5-9-17(13-16)29-21(27)24-15-6-3-2-4-7-15/h2-4,6-7,10-12,16-17H,5,8-9,13H2,1H3,(H,24,27)(H2,23,25,26)/t16-,17+/m1/s1. The van der Waals surface area contributed by atoms with Crippen molar-refractivity contribution in [2.45, 2.75) is 37.8 Å². The number of para-hydroxylation sites is 1. The normalized spacial score (nSPS) is 18.4. The number of nitrogens with one attached hydrogen (secondary N) is 3. The molecule has 8 heteroatoms. The van der Waals surface area contributed by atoms with Crippen LogP contribution in [-0.2, 0) is 4.74 Å². The minimum Gasteiger partial charge on any atom is -0.495 e. The van der Waals surface area contributed by atoms with E-state index in [-0.39, 0.29) is 18.2 Å². The van der Waals surface area contributed by atoms with Crippen LogP contribution < -0.4 is 20.7 Å². The summed E-state index contributed by atoms with van der Waals surface area (Å²) in [6.45, 7) is 0. The van der Waals surface area contributed by atoms with E-state index >= 15 is 0 Å². The lowest BCUT2D eigenvalue weighted by Gasteiger charge is -2.29. The van der Waals surface area contributed by atoms with Crippen molar-refractivity contribution in [3.8, 4) is 5.75 Å². The maximum Gasteiger partial charge on any atom is 0.411 e. The maximum absolute atomic E-state index is 12.4. The molecule has 154 valence electrons. The molecule has 3 rings (SSSR count). The fourth-order valence-electron chi connectivity index (χ4n) is 3.32. The first-order valence-corrected chi connectivity index (χ1v) is 9.85. The zero-order valence-corrected chi connectivity index (χ0v) is 16.9. The largest absolute Gasteiger partial charge is 0.495 e. The van der Waals surface area contributed by atoms with E-state index in [9.17, 15) is 9.59 Å². The van der Waals surface area contributed by atoms with Gasteiger partial charge in [0.05, 0.1) is 12.8 Å². The Bertz CT molecular complexity index is 847. The highest BCUT2D eigenvalue weighted by molar-refractivity contribution is 6.31. The van der Waals surface area contributed by atoms with E-state index in [1.165, 1.54) is 7.11 Å². The highest BCUT2D eigenvalue weighted by Crippen LogP contribution is 2.28. The lowest BCUT2D eigenvalue weighted by Crippen LogP contribution is -2.43. The Balaban J connectivity index is 1.49. The predicted octanol–water partition coefficient (Wildman–Crippen LogP) is 5.03. The van der Waals surface area contributed by atoms with Gasteiger partial charge in [-0.25, -0.2) is 9.59 Å². The summed E-state index contributed by atoms with van der Waals surface area (Å²) in [5, 5.41) is 8.89. The van der Waals surface area contributed by atoms with Crippen LogP contribution in [0.15, 0.2) is 48.5 Å². The summed E-state index contributed by atoms with van der Waals surface area (Å²) in [4.78, 5) is 24.5. The van der Waals surface area contributed by atoms with E-state index in [4.69, 9.17) is 21.1 Å². The summed E-state index contributed by atoms with van der Waals surface area (Å²) in [5.74, 6) is 0.520. The molecule has 0 unspecified atom stereocenters. The number of hydrogen-bond acceptors (Lipinski definition) is 4. The Morgan fingerprint density at radius 3 is 2.62 bits per heavy atom. The second-order valence-electron chi connectivity index (χ2n) is 6.82. The molecule has 2 aromatic rings. The first kappa shape index (κ1) is 20.8. The molecule has 1 aliphatic rings. The highest BCUT2D eigenvalue weighted by Gasteiger charge is 2.26. The average molecular weight is 418 g/mol. The molecule has 0 saturated heterocycles. The summed E-state index contributed by atoms with van der Waals surface area (Å²) in [5.41, 5.74) is 1.17. The quantitative estimate of drug-likeness (QED) is 0.636. The van der Waals surface area contributed by atoms with Gasteiger partial charge in [-0.1, -0.05) is 29.8 Å². The van der Waals surface area contributed by atoms with Crippen molar-refractivity contribution in [2.24, 2.45) is 0 Å². The zero-order chi connectivity index (χ0) is 20.6. The van der Waals surface area contributed by atoms with E-state index in [0.717, 1.165) is 19.3 Å². The summed E-state index contributed by atoms with van der Waals surface area (Å²) >= 11 is 5.99. The van der Waals surface area contributed by atoms with Gasteiger partial charge in [0.2, 0.25) is 0 Å². The minimum atomic E-state index is -0.491. The van der Waals surface area contributed by atoms with Crippen molar-refractivity contribution in [1.82, 2.24) is 5.32 Å². The molecule has 0 radical (unpaired) electrons. The predicted molar refractivity (Wildman–Crippen MR) is 113 cm³/mol. The molecule has 0 bridgehead atoms. The van der Waals surface area contributed by atoms with Gasteiger partial charge in [0.1, 0.15) is 11.9 Å². The van der Waals surface area contributed by atoms with Crippen LogP contribution in [0.4, 0.5) is 21.0 Å². The Kier molecular flexibility index (Phi) is 7.19. The molecule has 7 nitrogen and oxygen atoms in total. The number of rotatable bonds is 5. The molecule has 2 atom stereocenters. The first-order chi connectivity index (χ1) is 14.0. The number of hydrogen-bond donors (Lipinski definition) is 3. The number of methoxy groups -OCH3 is 1. The molecule has 3 N–H and O–H groups in total. The van der Waals surface area contributed by atoms with Crippen LogP contribution in [0.5, 0.6) is 5.75 Å². The first-order valence-electron chi connectivity index (χ1n) is 9.47. The lowest BCUT2D eigenvalue weighted by atomic mass is 9.93. The minimum absolute atomic E-state index is 0.0940. The molecule has 2 aromatic carbocycles. The summed E-state index contributed by atoms with van der Waals surface area (Å²) in [6, 6.07) is 13.7. The van der Waals surface area contributed by atoms with Crippen LogP contribution >= 0.6 is 11.6 Å². The number of carbonyl (C=O) groups is 2. The Morgan fingerprint density at radius 2 is 1.86 bits per heavy atom. The average Bonchev–Trinajstić information content (AvgIpc) is 2.69. The molecule has 1 saturated carbocycles. The number of benzene rings is 2. The molecule has 0 heterocycles. The Labute approximate surface area is 174 Å². The zero-order valence-electron chi connectivity index (χ0n) is 16.1. The Morgan fingerprint density at radius 1 is 1.07 bits per heavy atom. The van der Waals surface area contributed by atoms with Gasteiger partial charge in [0.15, 0.2) is 0 Å². The smallest absolute Gasteiger partial charge is 0.411 e. The van der Waals surface area contributed by atoms with Crippen LogP contribution in [0.2, 0.25) is 5.02 Å². The molecular weight excluding hydrogens is 394 g/mol. The third kappa shape index (κ3) is 6.29. The van der Waals surface area contributed by atoms with Crippen LogP contribution in [0.1, 0.15) is 25.7 Å². The third-order valence-electron chi connectivity index (χ3n) is 4.66. The van der Waals surface area contributed by atoms with E-state index < -0.39 is 6.09 Å². The Hall–Kier alpha value is -2.93. The number of carbonyl (C=O) groups excluding carboxylic acids is 2. The summed E-state index contributed by atoms with van der Waals surface area (Å²) < 4.78 is 10.8. The van der Waals surface area contributed by atoms with E-state index in [1.807, 2.05) is 18.2 Å². The lowest BCUT2D eigenvalue weighted by molar-refractivity contribution is 0.0779. The van der Waals surface area contributed by atoms with Gasteiger partial charge in [-0.05, 0) is 49.6 Å². The topological polar surface area (TPSA) is 88.7 Å². The molecule has 3 amide bonds. The molecule has 1 fully saturated rings. The van der Waals surface area contributed by atoms with Gasteiger partial charge in [-0.3, -0.25) is 5.32 Å². The van der Waals surface area contributed by atoms with Crippen molar-refractivity contribution in [3.05, 3.63) is 53.6 Å². The van der Waals surface area contributed by atoms with Gasteiger partial charge in [0.25, 0.3) is 0 Å². The fraction of sp³-hybridized carbons (Fsp3) is 0.333. The van der Waals surface area contributed by atoms with E-state index in [0.29, 0.717) is 28.6 Å². The summed E-state index contributed by atoms with van der Waals surface area (Å²) in [6.07, 6.45) is 2.26. The molecule has 0 aromatic heterocycles. The van der Waals surface area contributed by atoms with Gasteiger partial charge >= 0.3 is 12.1 Å². The SMILES string of the molecule is COc1ccc(Cl)cc1NC(=O)N[C@@H]1CCC[C@H](OC(=O)Nc2ccccc2)C1. The third-order valence-corrected chi connectivity index (χ3v) is 4.90. The van der Waals surface area contributed by atoms with Crippen molar-refractivity contribution in [2.75, 3.05) is 17.7 Å². The van der Waals surface area contributed by atoms with Crippen LogP contribution in [-0.4, -0.2) is 31.4 Å². The fourth-order valence-corrected chi connectivity index (χ4v) is 3.50. The highest BCUT2D eigenvalue weighted by atomic mass is 35.5. The van der Waals surface area contributed by atoms with Crippen molar-refractivity contribution in [1.29, 1.82) is 0 Å². The van der Waals surface area contributed by atoms with E-state index in [1.54, 1.807) is 30.3 Å². The van der Waals surface area contributed by atoms with Gasteiger partial charge in [0, 0.05) is 23.2 Å². The number of ether oxygens (including phenoxy) is 2. The summed E-state index contributed by atoms with van der Waals surface area (Å²) in [7, 11) is 1.52. The van der Waals surface area contributed by atoms with Gasteiger partial charge in [-0.15, -0.1) is 0 Å². The van der Waals surface area contributed by atoms with Crippen LogP contribution in [0, 0.1) is 0 Å². The number of anilines is 2. The second-order valence-corrected chi connectivity index (χ2v) is 7.26. The van der Waals surface area contributed by atoms with Gasteiger partial charge in [-0.2, -0.15) is 0 Å².